The molecule has 23 heavy (non-hydrogen) atoms. The molecule has 2 N–H and O–H groups in total. The van der Waals surface area contributed by atoms with Gasteiger partial charge in [-0.05, 0) is 49.2 Å². The molecule has 0 spiro atoms. The Morgan fingerprint density at radius 2 is 1.96 bits per heavy atom. The van der Waals surface area contributed by atoms with E-state index in [1.165, 1.54) is 0 Å². The van der Waals surface area contributed by atoms with Crippen LogP contribution in [0.15, 0.2) is 54.6 Å². The third kappa shape index (κ3) is 4.57. The van der Waals surface area contributed by atoms with E-state index in [9.17, 15) is 4.79 Å². The van der Waals surface area contributed by atoms with Crippen LogP contribution >= 0.6 is 0 Å². The van der Waals surface area contributed by atoms with Gasteiger partial charge in [0.15, 0.2) is 0 Å². The standard InChI is InChI=1S/C19H22N2O2/c22-19(16-10-11-20-14-16)21-12-9-15-5-4-8-18(13-15)23-17-6-2-1-3-7-17/h1-8,13,16,20H,9-12,14H2,(H,21,22)/t16-/m0/s1. The number of nitrogens with one attached hydrogen (secondary N) is 2. The molecule has 3 rings (SSSR count). The van der Waals surface area contributed by atoms with Gasteiger partial charge in [0.1, 0.15) is 11.5 Å². The number of amides is 1. The van der Waals surface area contributed by atoms with E-state index < -0.39 is 0 Å². The molecule has 1 atom stereocenters. The molecule has 1 saturated heterocycles. The number of carbonyl (C=O) groups is 1. The highest BCUT2D eigenvalue weighted by atomic mass is 16.5. The first-order valence-electron chi connectivity index (χ1n) is 8.11. The molecule has 0 aromatic heterocycles. The van der Waals surface area contributed by atoms with Crippen molar-refractivity contribution < 1.29 is 9.53 Å². The van der Waals surface area contributed by atoms with Crippen LogP contribution in [0.1, 0.15) is 12.0 Å². The van der Waals surface area contributed by atoms with Crippen molar-refractivity contribution in [2.24, 2.45) is 5.92 Å². The number of carbonyl (C=O) groups excluding carboxylic acids is 1. The lowest BCUT2D eigenvalue weighted by Crippen LogP contribution is -2.33. The Kier molecular flexibility index (Phi) is 5.27. The van der Waals surface area contributed by atoms with Gasteiger partial charge in [-0.15, -0.1) is 0 Å². The molecule has 4 heteroatoms. The van der Waals surface area contributed by atoms with Crippen LogP contribution < -0.4 is 15.4 Å². The van der Waals surface area contributed by atoms with E-state index in [0.29, 0.717) is 6.54 Å². The molecule has 4 nitrogen and oxygen atoms in total. The molecular weight excluding hydrogens is 288 g/mol. The monoisotopic (exact) mass is 310 g/mol. The van der Waals surface area contributed by atoms with Crippen LogP contribution in [-0.4, -0.2) is 25.5 Å². The molecule has 120 valence electrons. The van der Waals surface area contributed by atoms with Crippen molar-refractivity contribution in [2.75, 3.05) is 19.6 Å². The Labute approximate surface area is 136 Å². The smallest absolute Gasteiger partial charge is 0.224 e. The Bertz CT molecular complexity index is 637. The lowest BCUT2D eigenvalue weighted by Gasteiger charge is -2.11. The molecule has 1 amide bonds. The van der Waals surface area contributed by atoms with Crippen molar-refractivity contribution in [2.45, 2.75) is 12.8 Å². The molecule has 0 radical (unpaired) electrons. The fourth-order valence-electron chi connectivity index (χ4n) is 2.74. The zero-order valence-corrected chi connectivity index (χ0v) is 13.1. The molecule has 2 aromatic carbocycles. The van der Waals surface area contributed by atoms with Gasteiger partial charge in [-0.3, -0.25) is 4.79 Å². The van der Waals surface area contributed by atoms with Crippen LogP contribution in [0.25, 0.3) is 0 Å². The number of rotatable bonds is 6. The fraction of sp³-hybridized carbons (Fsp3) is 0.316. The van der Waals surface area contributed by atoms with Gasteiger partial charge in [0, 0.05) is 13.1 Å². The molecule has 0 bridgehead atoms. The minimum atomic E-state index is 0.128. The average Bonchev–Trinajstić information content (AvgIpc) is 3.11. The van der Waals surface area contributed by atoms with E-state index in [0.717, 1.165) is 43.0 Å². The first-order chi connectivity index (χ1) is 11.3. The quantitative estimate of drug-likeness (QED) is 0.862. The maximum Gasteiger partial charge on any atom is 0.224 e. The van der Waals surface area contributed by atoms with Crippen molar-refractivity contribution in [3.05, 3.63) is 60.2 Å². The predicted molar refractivity (Wildman–Crippen MR) is 90.6 cm³/mol. The van der Waals surface area contributed by atoms with Crippen LogP contribution in [0.2, 0.25) is 0 Å². The summed E-state index contributed by atoms with van der Waals surface area (Å²) < 4.78 is 5.83. The third-order valence-corrected chi connectivity index (χ3v) is 4.02. The van der Waals surface area contributed by atoms with E-state index >= 15 is 0 Å². The van der Waals surface area contributed by atoms with Crippen molar-refractivity contribution in [3.63, 3.8) is 0 Å². The highest BCUT2D eigenvalue weighted by Crippen LogP contribution is 2.21. The lowest BCUT2D eigenvalue weighted by atomic mass is 10.1. The first kappa shape index (κ1) is 15.6. The van der Waals surface area contributed by atoms with Crippen molar-refractivity contribution in [1.29, 1.82) is 0 Å². The van der Waals surface area contributed by atoms with Gasteiger partial charge in [-0.25, -0.2) is 0 Å². The summed E-state index contributed by atoms with van der Waals surface area (Å²) in [5.74, 6) is 1.93. The molecular formula is C19H22N2O2. The number of para-hydroxylation sites is 1. The Morgan fingerprint density at radius 1 is 1.13 bits per heavy atom. The SMILES string of the molecule is O=C(NCCc1cccc(Oc2ccccc2)c1)[C@H]1CCNC1. The minimum Gasteiger partial charge on any atom is -0.457 e. The molecule has 1 aliphatic heterocycles. The Balaban J connectivity index is 1.50. The molecule has 1 aliphatic rings. The Morgan fingerprint density at radius 3 is 2.74 bits per heavy atom. The van der Waals surface area contributed by atoms with Crippen LogP contribution in [0.4, 0.5) is 0 Å². The maximum absolute atomic E-state index is 12.0. The number of hydrogen-bond donors (Lipinski definition) is 2. The van der Waals surface area contributed by atoms with Gasteiger partial charge in [0.05, 0.1) is 5.92 Å². The highest BCUT2D eigenvalue weighted by molar-refractivity contribution is 5.79. The van der Waals surface area contributed by atoms with Gasteiger partial charge in [-0.1, -0.05) is 30.3 Å². The van der Waals surface area contributed by atoms with E-state index in [1.54, 1.807) is 0 Å². The Hall–Kier alpha value is -2.33. The summed E-state index contributed by atoms with van der Waals surface area (Å²) in [5, 5.41) is 6.24. The topological polar surface area (TPSA) is 50.4 Å². The van der Waals surface area contributed by atoms with E-state index in [1.807, 2.05) is 48.5 Å². The van der Waals surface area contributed by atoms with Crippen LogP contribution in [0.3, 0.4) is 0 Å². The summed E-state index contributed by atoms with van der Waals surface area (Å²) in [4.78, 5) is 12.0. The lowest BCUT2D eigenvalue weighted by molar-refractivity contribution is -0.124. The zero-order valence-electron chi connectivity index (χ0n) is 13.1. The second-order valence-corrected chi connectivity index (χ2v) is 5.79. The van der Waals surface area contributed by atoms with Crippen molar-refractivity contribution in [3.8, 4) is 11.5 Å². The summed E-state index contributed by atoms with van der Waals surface area (Å²) in [7, 11) is 0. The number of ether oxygens (including phenoxy) is 1. The fourth-order valence-corrected chi connectivity index (χ4v) is 2.74. The van der Waals surface area contributed by atoms with Crippen molar-refractivity contribution >= 4 is 5.91 Å². The van der Waals surface area contributed by atoms with Gasteiger partial charge in [0.2, 0.25) is 5.91 Å². The molecule has 2 aromatic rings. The van der Waals surface area contributed by atoms with Gasteiger partial charge in [0.25, 0.3) is 0 Å². The second-order valence-electron chi connectivity index (χ2n) is 5.79. The van der Waals surface area contributed by atoms with Crippen LogP contribution in [-0.2, 0) is 11.2 Å². The highest BCUT2D eigenvalue weighted by Gasteiger charge is 2.21. The van der Waals surface area contributed by atoms with Gasteiger partial charge < -0.3 is 15.4 Å². The molecule has 0 unspecified atom stereocenters. The zero-order chi connectivity index (χ0) is 15.9. The van der Waals surface area contributed by atoms with Crippen molar-refractivity contribution in [1.82, 2.24) is 10.6 Å². The molecule has 0 saturated carbocycles. The summed E-state index contributed by atoms with van der Waals surface area (Å²) in [6.07, 6.45) is 1.74. The van der Waals surface area contributed by atoms with Crippen LogP contribution in [0, 0.1) is 5.92 Å². The van der Waals surface area contributed by atoms with Gasteiger partial charge in [-0.2, -0.15) is 0 Å². The average molecular weight is 310 g/mol. The predicted octanol–water partition coefficient (Wildman–Crippen LogP) is 2.75. The first-order valence-corrected chi connectivity index (χ1v) is 8.11. The van der Waals surface area contributed by atoms with Gasteiger partial charge >= 0.3 is 0 Å². The maximum atomic E-state index is 12.0. The largest absolute Gasteiger partial charge is 0.457 e. The third-order valence-electron chi connectivity index (χ3n) is 4.02. The molecule has 1 fully saturated rings. The summed E-state index contributed by atoms with van der Waals surface area (Å²) >= 11 is 0. The summed E-state index contributed by atoms with van der Waals surface area (Å²) in [5.41, 5.74) is 1.16. The number of benzene rings is 2. The molecule has 0 aliphatic carbocycles. The van der Waals surface area contributed by atoms with Crippen LogP contribution in [0.5, 0.6) is 11.5 Å². The van der Waals surface area contributed by atoms with E-state index in [4.69, 9.17) is 4.74 Å². The molecule has 1 heterocycles. The van der Waals surface area contributed by atoms with E-state index in [-0.39, 0.29) is 11.8 Å². The summed E-state index contributed by atoms with van der Waals surface area (Å²) in [6, 6.07) is 17.7. The van der Waals surface area contributed by atoms with E-state index in [2.05, 4.69) is 16.7 Å². The summed E-state index contributed by atoms with van der Waals surface area (Å²) in [6.45, 7) is 2.40. The second kappa shape index (κ2) is 7.79. The number of hydrogen-bond acceptors (Lipinski definition) is 3. The minimum absolute atomic E-state index is 0.128. The normalized spacial score (nSPS) is 17.0.